The second-order valence-electron chi connectivity index (χ2n) is 5.67. The van der Waals surface area contributed by atoms with Crippen LogP contribution >= 0.6 is 22.7 Å². The van der Waals surface area contributed by atoms with E-state index >= 15 is 0 Å². The Balaban J connectivity index is 1.33. The average Bonchev–Trinajstić information content (AvgIpc) is 3.36. The minimum Gasteiger partial charge on any atom is -0.459 e. The van der Waals surface area contributed by atoms with Crippen molar-refractivity contribution >= 4 is 28.6 Å². The molecular weight excluding hydrogens is 342 g/mol. The summed E-state index contributed by atoms with van der Waals surface area (Å²) in [5.74, 6) is 0.400. The molecule has 7 heteroatoms. The van der Waals surface area contributed by atoms with E-state index in [9.17, 15) is 4.79 Å². The molecule has 124 valence electrons. The van der Waals surface area contributed by atoms with Gasteiger partial charge in [0.15, 0.2) is 5.76 Å². The normalized spacial score (nSPS) is 15.8. The number of rotatable bonds is 4. The number of thiophene rings is 1. The van der Waals surface area contributed by atoms with Gasteiger partial charge in [0.1, 0.15) is 5.01 Å². The maximum atomic E-state index is 12.3. The predicted octanol–water partition coefficient (Wildman–Crippen LogP) is 3.42. The molecule has 0 aliphatic carbocycles. The number of hydrogen-bond acceptors (Lipinski definition) is 6. The van der Waals surface area contributed by atoms with Crippen molar-refractivity contribution in [3.63, 3.8) is 0 Å². The maximum absolute atomic E-state index is 12.3. The highest BCUT2D eigenvalue weighted by Gasteiger charge is 2.24. The fourth-order valence-electron chi connectivity index (χ4n) is 2.79. The number of nitrogens with zero attached hydrogens (tertiary/aromatic N) is 3. The topological polar surface area (TPSA) is 49.6 Å². The van der Waals surface area contributed by atoms with Gasteiger partial charge in [0.05, 0.1) is 16.8 Å². The fraction of sp³-hybridized carbons (Fsp3) is 0.294. The molecule has 4 rings (SSSR count). The molecule has 0 N–H and O–H groups in total. The summed E-state index contributed by atoms with van der Waals surface area (Å²) in [6, 6.07) is 7.62. The Morgan fingerprint density at radius 2 is 2.04 bits per heavy atom. The lowest BCUT2D eigenvalue weighted by molar-refractivity contribution is 0.0596. The van der Waals surface area contributed by atoms with Gasteiger partial charge in [-0.3, -0.25) is 9.69 Å². The zero-order valence-corrected chi connectivity index (χ0v) is 14.7. The Labute approximate surface area is 148 Å². The molecule has 0 spiro atoms. The van der Waals surface area contributed by atoms with Crippen molar-refractivity contribution in [2.45, 2.75) is 6.54 Å². The Kier molecular flexibility index (Phi) is 4.46. The van der Waals surface area contributed by atoms with Crippen LogP contribution in [0.25, 0.3) is 9.88 Å². The van der Waals surface area contributed by atoms with Gasteiger partial charge in [-0.1, -0.05) is 6.07 Å². The van der Waals surface area contributed by atoms with Crippen molar-refractivity contribution in [3.8, 4) is 9.88 Å². The van der Waals surface area contributed by atoms with Crippen molar-refractivity contribution in [1.29, 1.82) is 0 Å². The molecule has 1 fully saturated rings. The first kappa shape index (κ1) is 15.6. The second kappa shape index (κ2) is 6.88. The van der Waals surface area contributed by atoms with Crippen molar-refractivity contribution in [2.24, 2.45) is 0 Å². The van der Waals surface area contributed by atoms with E-state index in [-0.39, 0.29) is 5.91 Å². The van der Waals surface area contributed by atoms with Gasteiger partial charge < -0.3 is 9.32 Å². The molecule has 0 unspecified atom stereocenters. The standard InChI is InChI=1S/C17H17N3O2S2/c21-17(14-3-1-9-22-14)20-7-5-19(6-8-20)11-13-12-24-16(18-13)15-4-2-10-23-15/h1-4,9-10,12H,5-8,11H2. The van der Waals surface area contributed by atoms with Gasteiger partial charge in [-0.05, 0) is 23.6 Å². The van der Waals surface area contributed by atoms with E-state index in [0.717, 1.165) is 43.4 Å². The molecule has 0 bridgehead atoms. The summed E-state index contributed by atoms with van der Waals surface area (Å²) in [5.41, 5.74) is 1.11. The van der Waals surface area contributed by atoms with Gasteiger partial charge in [0.25, 0.3) is 5.91 Å². The zero-order chi connectivity index (χ0) is 16.4. The van der Waals surface area contributed by atoms with Crippen molar-refractivity contribution in [2.75, 3.05) is 26.2 Å². The summed E-state index contributed by atoms with van der Waals surface area (Å²) in [6.07, 6.45) is 1.54. The van der Waals surface area contributed by atoms with Crippen LogP contribution in [0.15, 0.2) is 45.7 Å². The lowest BCUT2D eigenvalue weighted by Gasteiger charge is -2.33. The van der Waals surface area contributed by atoms with Gasteiger partial charge in [-0.15, -0.1) is 22.7 Å². The third kappa shape index (κ3) is 3.28. The Bertz CT molecular complexity index is 788. The van der Waals surface area contributed by atoms with Crippen LogP contribution in [0, 0.1) is 0 Å². The van der Waals surface area contributed by atoms with Crippen LogP contribution in [0.1, 0.15) is 16.2 Å². The number of carbonyl (C=O) groups excluding carboxylic acids is 1. The number of hydrogen-bond donors (Lipinski definition) is 0. The molecule has 1 aliphatic heterocycles. The van der Waals surface area contributed by atoms with E-state index in [2.05, 4.69) is 27.8 Å². The fourth-order valence-corrected chi connectivity index (χ4v) is 4.41. The van der Waals surface area contributed by atoms with Crippen LogP contribution in [-0.4, -0.2) is 46.9 Å². The molecule has 24 heavy (non-hydrogen) atoms. The van der Waals surface area contributed by atoms with E-state index in [1.54, 1.807) is 34.8 Å². The Morgan fingerprint density at radius 1 is 1.17 bits per heavy atom. The molecule has 3 aromatic rings. The summed E-state index contributed by atoms with van der Waals surface area (Å²) in [6.45, 7) is 4.00. The smallest absolute Gasteiger partial charge is 0.289 e. The number of aromatic nitrogens is 1. The van der Waals surface area contributed by atoms with Crippen molar-refractivity contribution in [3.05, 3.63) is 52.7 Å². The van der Waals surface area contributed by atoms with Crippen LogP contribution in [-0.2, 0) is 6.54 Å². The second-order valence-corrected chi connectivity index (χ2v) is 7.47. The summed E-state index contributed by atoms with van der Waals surface area (Å²) in [5, 5.41) is 5.30. The van der Waals surface area contributed by atoms with Gasteiger partial charge in [-0.25, -0.2) is 4.98 Å². The molecule has 0 radical (unpaired) electrons. The summed E-state index contributed by atoms with van der Waals surface area (Å²) in [4.78, 5) is 22.4. The monoisotopic (exact) mass is 359 g/mol. The first-order valence-electron chi connectivity index (χ1n) is 7.83. The molecule has 0 saturated carbocycles. The van der Waals surface area contributed by atoms with E-state index in [1.165, 1.54) is 11.1 Å². The van der Waals surface area contributed by atoms with E-state index in [0.29, 0.717) is 5.76 Å². The van der Waals surface area contributed by atoms with Crippen LogP contribution in [0.4, 0.5) is 0 Å². The van der Waals surface area contributed by atoms with Crippen LogP contribution in [0.3, 0.4) is 0 Å². The zero-order valence-electron chi connectivity index (χ0n) is 13.1. The van der Waals surface area contributed by atoms with Crippen molar-refractivity contribution in [1.82, 2.24) is 14.8 Å². The SMILES string of the molecule is O=C(c1ccco1)N1CCN(Cc2csc(-c3cccs3)n2)CC1. The molecule has 0 aromatic carbocycles. The van der Waals surface area contributed by atoms with Crippen LogP contribution < -0.4 is 0 Å². The Hall–Kier alpha value is -1.96. The highest BCUT2D eigenvalue weighted by atomic mass is 32.1. The minimum atomic E-state index is -0.0201. The predicted molar refractivity (Wildman–Crippen MR) is 95.3 cm³/mol. The van der Waals surface area contributed by atoms with Gasteiger partial charge in [0, 0.05) is 38.1 Å². The molecule has 1 aliphatic rings. The molecule has 5 nitrogen and oxygen atoms in total. The molecule has 0 atom stereocenters. The highest BCUT2D eigenvalue weighted by molar-refractivity contribution is 7.20. The third-order valence-electron chi connectivity index (χ3n) is 4.06. The summed E-state index contributed by atoms with van der Waals surface area (Å²) < 4.78 is 5.20. The quantitative estimate of drug-likeness (QED) is 0.716. The molecule has 1 saturated heterocycles. The lowest BCUT2D eigenvalue weighted by atomic mass is 10.2. The molecule has 4 heterocycles. The first-order chi connectivity index (χ1) is 11.8. The number of amides is 1. The van der Waals surface area contributed by atoms with Gasteiger partial charge in [-0.2, -0.15) is 0 Å². The number of carbonyl (C=O) groups is 1. The number of piperazine rings is 1. The van der Waals surface area contributed by atoms with E-state index < -0.39 is 0 Å². The average molecular weight is 359 g/mol. The van der Waals surface area contributed by atoms with Crippen LogP contribution in [0.2, 0.25) is 0 Å². The summed E-state index contributed by atoms with van der Waals surface area (Å²) in [7, 11) is 0. The largest absolute Gasteiger partial charge is 0.459 e. The number of thiazole rings is 1. The first-order valence-corrected chi connectivity index (χ1v) is 9.59. The molecular formula is C17H17N3O2S2. The lowest BCUT2D eigenvalue weighted by Crippen LogP contribution is -2.48. The highest BCUT2D eigenvalue weighted by Crippen LogP contribution is 2.28. The maximum Gasteiger partial charge on any atom is 0.289 e. The van der Waals surface area contributed by atoms with Crippen LogP contribution in [0.5, 0.6) is 0 Å². The van der Waals surface area contributed by atoms with Gasteiger partial charge >= 0.3 is 0 Å². The van der Waals surface area contributed by atoms with Gasteiger partial charge in [0.2, 0.25) is 0 Å². The third-order valence-corrected chi connectivity index (χ3v) is 5.99. The van der Waals surface area contributed by atoms with E-state index in [1.807, 2.05) is 4.90 Å². The minimum absolute atomic E-state index is 0.0201. The molecule has 3 aromatic heterocycles. The summed E-state index contributed by atoms with van der Waals surface area (Å²) >= 11 is 3.41. The van der Waals surface area contributed by atoms with E-state index in [4.69, 9.17) is 9.40 Å². The number of furan rings is 1. The Morgan fingerprint density at radius 3 is 2.75 bits per heavy atom. The molecule has 1 amide bonds. The van der Waals surface area contributed by atoms with Crippen molar-refractivity contribution < 1.29 is 9.21 Å².